The van der Waals surface area contributed by atoms with Gasteiger partial charge < -0.3 is 14.6 Å². The zero-order valence-electron chi connectivity index (χ0n) is 15.2. The largest absolute Gasteiger partial charge is 0.497 e. The number of hydrogen-bond donors (Lipinski definition) is 1. The molecule has 3 rings (SSSR count). The van der Waals surface area contributed by atoms with Crippen LogP contribution in [0.3, 0.4) is 0 Å². The van der Waals surface area contributed by atoms with Crippen LogP contribution in [0.5, 0.6) is 11.5 Å². The van der Waals surface area contributed by atoms with Crippen molar-refractivity contribution in [2.75, 3.05) is 20.3 Å². The topological polar surface area (TPSA) is 38.7 Å². The van der Waals surface area contributed by atoms with Crippen molar-refractivity contribution in [2.24, 2.45) is 11.8 Å². The maximum Gasteiger partial charge on any atom is 0.119 e. The summed E-state index contributed by atoms with van der Waals surface area (Å²) in [5, 5.41) is 9.16. The lowest BCUT2D eigenvalue weighted by atomic mass is 9.90. The van der Waals surface area contributed by atoms with Gasteiger partial charge in [-0.05, 0) is 67.0 Å². The van der Waals surface area contributed by atoms with Crippen molar-refractivity contribution in [3.8, 4) is 11.5 Å². The number of ether oxygens (including phenoxy) is 2. The second-order valence-electron chi connectivity index (χ2n) is 7.00. The Kier molecular flexibility index (Phi) is 6.81. The summed E-state index contributed by atoms with van der Waals surface area (Å²) in [6.07, 6.45) is 3.85. The predicted octanol–water partition coefficient (Wildman–Crippen LogP) is 4.49. The summed E-state index contributed by atoms with van der Waals surface area (Å²) in [7, 11) is 1.70. The average Bonchev–Trinajstić information content (AvgIpc) is 3.01. The summed E-state index contributed by atoms with van der Waals surface area (Å²) < 4.78 is 11.4. The SMILES string of the molecule is COc1cccc(C[C@H]2CCC(Cl)[C@@H]2COc2ccc(CCO)cc2)c1. The van der Waals surface area contributed by atoms with Crippen LogP contribution in [0.25, 0.3) is 0 Å². The Morgan fingerprint density at radius 3 is 2.58 bits per heavy atom. The van der Waals surface area contributed by atoms with Crippen molar-refractivity contribution in [2.45, 2.75) is 31.1 Å². The highest BCUT2D eigenvalue weighted by molar-refractivity contribution is 6.21. The van der Waals surface area contributed by atoms with E-state index in [4.69, 9.17) is 26.2 Å². The molecule has 1 N–H and O–H groups in total. The molecule has 3 atom stereocenters. The molecule has 0 saturated heterocycles. The van der Waals surface area contributed by atoms with E-state index >= 15 is 0 Å². The fraction of sp³-hybridized carbons (Fsp3) is 0.455. The van der Waals surface area contributed by atoms with E-state index in [0.717, 1.165) is 36.3 Å². The van der Waals surface area contributed by atoms with Crippen LogP contribution in [0.4, 0.5) is 0 Å². The molecule has 26 heavy (non-hydrogen) atoms. The summed E-state index contributed by atoms with van der Waals surface area (Å²) in [6, 6.07) is 16.2. The van der Waals surface area contributed by atoms with E-state index in [9.17, 15) is 0 Å². The maximum absolute atomic E-state index is 8.99. The number of hydrogen-bond acceptors (Lipinski definition) is 3. The molecular formula is C22H27ClO3. The minimum absolute atomic E-state index is 0.166. The van der Waals surface area contributed by atoms with E-state index in [1.54, 1.807) is 7.11 Å². The molecule has 0 heterocycles. The molecule has 0 aromatic heterocycles. The Balaban J connectivity index is 1.59. The molecule has 3 nitrogen and oxygen atoms in total. The quantitative estimate of drug-likeness (QED) is 0.692. The predicted molar refractivity (Wildman–Crippen MR) is 105 cm³/mol. The van der Waals surface area contributed by atoms with Gasteiger partial charge in [-0.1, -0.05) is 24.3 Å². The Labute approximate surface area is 160 Å². The number of methoxy groups -OCH3 is 1. The maximum atomic E-state index is 8.99. The highest BCUT2D eigenvalue weighted by Crippen LogP contribution is 2.38. The van der Waals surface area contributed by atoms with Gasteiger partial charge in [-0.3, -0.25) is 0 Å². The molecule has 0 bridgehead atoms. The highest BCUT2D eigenvalue weighted by atomic mass is 35.5. The van der Waals surface area contributed by atoms with Crippen LogP contribution in [0.15, 0.2) is 48.5 Å². The van der Waals surface area contributed by atoms with Gasteiger partial charge in [0.15, 0.2) is 0 Å². The Hall–Kier alpha value is -1.71. The van der Waals surface area contributed by atoms with Gasteiger partial charge in [0.05, 0.1) is 13.7 Å². The zero-order chi connectivity index (χ0) is 18.4. The Morgan fingerprint density at radius 2 is 1.85 bits per heavy atom. The molecule has 0 radical (unpaired) electrons. The van der Waals surface area contributed by atoms with Gasteiger partial charge in [-0.2, -0.15) is 0 Å². The van der Waals surface area contributed by atoms with E-state index < -0.39 is 0 Å². The second-order valence-corrected chi connectivity index (χ2v) is 7.56. The van der Waals surface area contributed by atoms with Crippen molar-refractivity contribution in [1.82, 2.24) is 0 Å². The first-order chi connectivity index (χ1) is 12.7. The van der Waals surface area contributed by atoms with Gasteiger partial charge in [0.25, 0.3) is 0 Å². The minimum atomic E-state index is 0.166. The van der Waals surface area contributed by atoms with Crippen LogP contribution >= 0.6 is 11.6 Å². The van der Waals surface area contributed by atoms with Gasteiger partial charge in [0, 0.05) is 17.9 Å². The highest BCUT2D eigenvalue weighted by Gasteiger charge is 2.35. The van der Waals surface area contributed by atoms with Gasteiger partial charge in [-0.25, -0.2) is 0 Å². The van der Waals surface area contributed by atoms with Crippen molar-refractivity contribution in [3.05, 3.63) is 59.7 Å². The average molecular weight is 375 g/mol. The van der Waals surface area contributed by atoms with Crippen molar-refractivity contribution >= 4 is 11.6 Å². The number of aliphatic hydroxyl groups excluding tert-OH is 1. The molecule has 0 aliphatic heterocycles. The van der Waals surface area contributed by atoms with Crippen molar-refractivity contribution in [3.63, 3.8) is 0 Å². The molecule has 2 aromatic carbocycles. The number of halogens is 1. The van der Waals surface area contributed by atoms with Crippen molar-refractivity contribution < 1.29 is 14.6 Å². The summed E-state index contributed by atoms with van der Waals surface area (Å²) in [4.78, 5) is 0. The molecule has 0 spiro atoms. The van der Waals surface area contributed by atoms with Crippen molar-refractivity contribution in [1.29, 1.82) is 0 Å². The number of alkyl halides is 1. The van der Waals surface area contributed by atoms with Crippen LogP contribution in [0.1, 0.15) is 24.0 Å². The lowest BCUT2D eigenvalue weighted by molar-refractivity contribution is 0.215. The van der Waals surface area contributed by atoms with Gasteiger partial charge in [0.2, 0.25) is 0 Å². The van der Waals surface area contributed by atoms with Crippen LogP contribution in [-0.2, 0) is 12.8 Å². The van der Waals surface area contributed by atoms with Gasteiger partial charge in [0.1, 0.15) is 11.5 Å². The molecule has 1 saturated carbocycles. The van der Waals surface area contributed by atoms with Crippen LogP contribution < -0.4 is 9.47 Å². The second kappa shape index (κ2) is 9.29. The molecule has 2 aromatic rings. The third-order valence-electron chi connectivity index (χ3n) is 5.28. The number of benzene rings is 2. The number of aliphatic hydroxyl groups is 1. The first-order valence-corrected chi connectivity index (χ1v) is 9.73. The first kappa shape index (κ1) is 19.1. The number of rotatable bonds is 8. The summed E-state index contributed by atoms with van der Waals surface area (Å²) in [5.74, 6) is 2.64. The van der Waals surface area contributed by atoms with E-state index in [2.05, 4.69) is 12.1 Å². The first-order valence-electron chi connectivity index (χ1n) is 9.29. The fourth-order valence-corrected chi connectivity index (χ4v) is 4.17. The molecule has 140 valence electrons. The third-order valence-corrected chi connectivity index (χ3v) is 5.82. The monoisotopic (exact) mass is 374 g/mol. The smallest absolute Gasteiger partial charge is 0.119 e. The Bertz CT molecular complexity index is 686. The standard InChI is InChI=1S/C22H27ClO3/c1-25-20-4-2-3-17(14-20)13-18-7-10-22(23)21(18)15-26-19-8-5-16(6-9-19)11-12-24/h2-6,8-9,14,18,21-22,24H,7,10-13,15H2,1H3/t18-,21-,22?/m1/s1. The van der Waals surface area contributed by atoms with Crippen LogP contribution in [-0.4, -0.2) is 30.8 Å². The van der Waals surface area contributed by atoms with Crippen LogP contribution in [0.2, 0.25) is 0 Å². The van der Waals surface area contributed by atoms with E-state index in [1.165, 1.54) is 5.56 Å². The molecule has 1 unspecified atom stereocenters. The molecule has 1 aliphatic carbocycles. The lowest BCUT2D eigenvalue weighted by Gasteiger charge is -2.22. The summed E-state index contributed by atoms with van der Waals surface area (Å²) in [6.45, 7) is 0.810. The van der Waals surface area contributed by atoms with E-state index in [1.807, 2.05) is 36.4 Å². The minimum Gasteiger partial charge on any atom is -0.497 e. The fourth-order valence-electron chi connectivity index (χ4n) is 3.77. The van der Waals surface area contributed by atoms with E-state index in [-0.39, 0.29) is 12.0 Å². The Morgan fingerprint density at radius 1 is 1.04 bits per heavy atom. The molecular weight excluding hydrogens is 348 g/mol. The van der Waals surface area contributed by atoms with Crippen LogP contribution in [0, 0.1) is 11.8 Å². The normalized spacial score (nSPS) is 22.3. The molecule has 1 aliphatic rings. The summed E-state index contributed by atoms with van der Waals surface area (Å²) in [5.41, 5.74) is 2.41. The van der Waals surface area contributed by atoms with Gasteiger partial charge in [-0.15, -0.1) is 11.6 Å². The third kappa shape index (κ3) is 4.93. The molecule has 4 heteroatoms. The lowest BCUT2D eigenvalue weighted by Crippen LogP contribution is -2.24. The summed E-state index contributed by atoms with van der Waals surface area (Å²) >= 11 is 6.60. The zero-order valence-corrected chi connectivity index (χ0v) is 16.0. The molecule has 0 amide bonds. The van der Waals surface area contributed by atoms with Gasteiger partial charge >= 0.3 is 0 Å². The van der Waals surface area contributed by atoms with E-state index in [0.29, 0.717) is 24.9 Å². The molecule has 1 fully saturated rings.